The Morgan fingerprint density at radius 3 is 2.32 bits per heavy atom. The third-order valence-corrected chi connectivity index (χ3v) is 12.4. The van der Waals surface area contributed by atoms with Crippen LogP contribution in [0.15, 0.2) is 53.6 Å². The van der Waals surface area contributed by atoms with Gasteiger partial charge >= 0.3 is 5.97 Å². The van der Waals surface area contributed by atoms with Crippen molar-refractivity contribution in [2.75, 3.05) is 11.5 Å². The summed E-state index contributed by atoms with van der Waals surface area (Å²) in [5.74, 6) is -0.599. The van der Waals surface area contributed by atoms with Gasteiger partial charge in [0.2, 0.25) is 11.8 Å². The van der Waals surface area contributed by atoms with Crippen LogP contribution < -0.4 is 4.90 Å². The van der Waals surface area contributed by atoms with E-state index in [-0.39, 0.29) is 64.6 Å². The Morgan fingerprint density at radius 1 is 1.02 bits per heavy atom. The summed E-state index contributed by atoms with van der Waals surface area (Å²) in [5.41, 5.74) is 3.54. The average molecular weight is 605 g/mol. The zero-order chi connectivity index (χ0) is 28.8. The number of hydrogen-bond donors (Lipinski definition) is 1. The number of fused-ring (bicyclic) bond motifs is 9. The van der Waals surface area contributed by atoms with Crippen molar-refractivity contribution < 1.29 is 19.1 Å². The summed E-state index contributed by atoms with van der Waals surface area (Å²) in [7, 11) is 0. The third kappa shape index (κ3) is 4.10. The van der Waals surface area contributed by atoms with Gasteiger partial charge in [-0.25, -0.2) is 4.79 Å². The summed E-state index contributed by atoms with van der Waals surface area (Å²) in [5, 5.41) is 1.36. The highest BCUT2D eigenvalue weighted by molar-refractivity contribution is 8.00. The molecule has 0 spiro atoms. The second kappa shape index (κ2) is 9.64. The molecule has 2 saturated carbocycles. The molecule has 3 fully saturated rings. The molecule has 212 valence electrons. The third-order valence-electron chi connectivity index (χ3n) is 9.50. The van der Waals surface area contributed by atoms with Crippen molar-refractivity contribution in [1.82, 2.24) is 4.98 Å². The molecule has 3 heterocycles. The molecule has 7 atom stereocenters. The molecule has 9 heteroatoms. The van der Waals surface area contributed by atoms with E-state index in [4.69, 9.17) is 17.0 Å². The summed E-state index contributed by atoms with van der Waals surface area (Å²) in [6.07, 6.45) is 0.900. The minimum absolute atomic E-state index is 0.0629. The zero-order valence-corrected chi connectivity index (χ0v) is 25.8. The predicted octanol–water partition coefficient (Wildman–Crippen LogP) is 6.96. The summed E-state index contributed by atoms with van der Waals surface area (Å²) in [6, 6.07) is 15.6. The van der Waals surface area contributed by atoms with Crippen molar-refractivity contribution in [3.63, 3.8) is 0 Å². The van der Waals surface area contributed by atoms with Crippen LogP contribution in [0.5, 0.6) is 0 Å². The number of amides is 2. The van der Waals surface area contributed by atoms with Gasteiger partial charge in [0.25, 0.3) is 0 Å². The first-order chi connectivity index (χ1) is 19.6. The van der Waals surface area contributed by atoms with Crippen LogP contribution in [-0.4, -0.2) is 34.6 Å². The molecule has 7 rings (SSSR count). The number of carbonyl (C=O) groups excluding carboxylic acids is 3. The summed E-state index contributed by atoms with van der Waals surface area (Å²) >= 11 is 9.07. The van der Waals surface area contributed by atoms with Gasteiger partial charge in [-0.3, -0.25) is 14.5 Å². The number of ether oxygens (including phenoxy) is 1. The van der Waals surface area contributed by atoms with Crippen molar-refractivity contribution in [2.24, 2.45) is 29.6 Å². The Hall–Kier alpha value is -2.75. The van der Waals surface area contributed by atoms with Crippen molar-refractivity contribution in [1.29, 1.82) is 0 Å². The van der Waals surface area contributed by atoms with Gasteiger partial charge in [0.15, 0.2) is 3.95 Å². The number of nitrogens with zero attached hydrogens (tertiary/aromatic N) is 1. The monoisotopic (exact) mass is 604 g/mol. The van der Waals surface area contributed by atoms with Gasteiger partial charge in [0, 0.05) is 16.0 Å². The van der Waals surface area contributed by atoms with E-state index >= 15 is 0 Å². The second-order valence-electron chi connectivity index (χ2n) is 12.6. The first kappa shape index (κ1) is 27.1. The highest BCUT2D eigenvalue weighted by Crippen LogP contribution is 2.69. The number of hydrogen-bond acceptors (Lipinski definition) is 7. The van der Waals surface area contributed by atoms with Gasteiger partial charge in [0.05, 0.1) is 34.7 Å². The van der Waals surface area contributed by atoms with Gasteiger partial charge in [-0.05, 0) is 84.1 Å². The van der Waals surface area contributed by atoms with Crippen LogP contribution >= 0.6 is 35.3 Å². The number of imide groups is 1. The van der Waals surface area contributed by atoms with Crippen LogP contribution in [0.4, 0.5) is 5.69 Å². The number of benzene rings is 2. The molecule has 6 nitrogen and oxygen atoms in total. The Morgan fingerprint density at radius 2 is 1.68 bits per heavy atom. The number of aromatic nitrogens is 1. The van der Waals surface area contributed by atoms with E-state index in [2.05, 4.69) is 50.0 Å². The minimum atomic E-state index is -0.415. The van der Waals surface area contributed by atoms with Gasteiger partial charge < -0.3 is 9.72 Å². The molecule has 2 aliphatic heterocycles. The largest absolute Gasteiger partial charge is 0.462 e. The molecule has 41 heavy (non-hydrogen) atoms. The van der Waals surface area contributed by atoms with Crippen molar-refractivity contribution >= 4 is 58.8 Å². The number of anilines is 1. The van der Waals surface area contributed by atoms with Crippen LogP contribution in [0.25, 0.3) is 0 Å². The fourth-order valence-electron chi connectivity index (χ4n) is 7.80. The van der Waals surface area contributed by atoms with Crippen LogP contribution in [0.1, 0.15) is 66.4 Å². The molecule has 2 amide bonds. The fraction of sp³-hybridized carbons (Fsp3) is 0.438. The quantitative estimate of drug-likeness (QED) is 0.197. The first-order valence-electron chi connectivity index (χ1n) is 14.2. The minimum Gasteiger partial charge on any atom is -0.462 e. The maximum Gasteiger partial charge on any atom is 0.338 e. The maximum absolute atomic E-state index is 14.0. The lowest BCUT2D eigenvalue weighted by atomic mass is 9.68. The molecule has 2 aromatic carbocycles. The van der Waals surface area contributed by atoms with Crippen molar-refractivity contribution in [2.45, 2.75) is 55.7 Å². The number of thiazole rings is 1. The van der Waals surface area contributed by atoms with Gasteiger partial charge in [0.1, 0.15) is 0 Å². The summed E-state index contributed by atoms with van der Waals surface area (Å²) in [6.45, 7) is 8.71. The van der Waals surface area contributed by atoms with Crippen LogP contribution in [-0.2, 0) is 19.7 Å². The second-order valence-corrected chi connectivity index (χ2v) is 15.5. The average Bonchev–Trinajstić information content (AvgIpc) is 3.67. The molecular formula is C32H32N2O4S3. The lowest BCUT2D eigenvalue weighted by Gasteiger charge is -2.43. The van der Waals surface area contributed by atoms with Crippen LogP contribution in [0, 0.1) is 33.5 Å². The molecular weight excluding hydrogens is 573 g/mol. The Balaban J connectivity index is 1.24. The van der Waals surface area contributed by atoms with E-state index in [1.807, 2.05) is 11.8 Å². The van der Waals surface area contributed by atoms with Crippen LogP contribution in [0.3, 0.4) is 0 Å². The number of rotatable bonds is 4. The fourth-order valence-corrected chi connectivity index (χ4v) is 11.1. The molecule has 1 saturated heterocycles. The van der Waals surface area contributed by atoms with Crippen LogP contribution in [0.2, 0.25) is 0 Å². The molecule has 1 aromatic heterocycles. The zero-order valence-electron chi connectivity index (χ0n) is 23.4. The van der Waals surface area contributed by atoms with Gasteiger partial charge in [-0.1, -0.05) is 45.0 Å². The molecule has 7 unspecified atom stereocenters. The summed E-state index contributed by atoms with van der Waals surface area (Å²) < 4.78 is 5.86. The normalized spacial score (nSPS) is 29.9. The van der Waals surface area contributed by atoms with Gasteiger partial charge in [-0.15, -0.1) is 23.1 Å². The number of nitrogens with one attached hydrogen (secondary N) is 1. The topological polar surface area (TPSA) is 79.5 Å². The molecule has 2 aliphatic carbocycles. The number of thioether (sulfide) groups is 1. The lowest BCUT2D eigenvalue weighted by molar-refractivity contribution is -0.123. The van der Waals surface area contributed by atoms with E-state index in [1.54, 1.807) is 42.5 Å². The molecule has 3 aromatic rings. The molecule has 0 radical (unpaired) electrons. The highest BCUT2D eigenvalue weighted by atomic mass is 32.2. The van der Waals surface area contributed by atoms with Crippen molar-refractivity contribution in [3.05, 3.63) is 74.1 Å². The standard InChI is InChI=1S/C32H32N2O4S3/c1-5-38-30(37)16-8-12-18(13-9-16)34-28(35)23-19-14-20(24(23)29(34)36)25-22(19)21(26-27(40-25)33-31(39)41-26)15-6-10-17(11-7-15)32(2,3)4/h6-13,19-25H,5,14H2,1-4H3,(H,33,39). The molecule has 4 aliphatic rings. The number of H-pyrrole nitrogens is 1. The first-order valence-corrected chi connectivity index (χ1v) is 16.3. The number of aromatic amines is 1. The van der Waals surface area contributed by atoms with E-state index in [0.717, 1.165) is 15.4 Å². The van der Waals surface area contributed by atoms with E-state index in [1.165, 1.54) is 20.9 Å². The van der Waals surface area contributed by atoms with E-state index in [9.17, 15) is 14.4 Å². The maximum atomic E-state index is 14.0. The Kier molecular flexibility index (Phi) is 6.37. The molecule has 1 N–H and O–H groups in total. The Bertz CT molecular complexity index is 1620. The number of esters is 1. The van der Waals surface area contributed by atoms with Gasteiger partial charge in [-0.2, -0.15) is 0 Å². The Labute approximate surface area is 252 Å². The van der Waals surface area contributed by atoms with E-state index < -0.39 is 5.97 Å². The number of carbonyl (C=O) groups is 3. The molecule has 2 bridgehead atoms. The highest BCUT2D eigenvalue weighted by Gasteiger charge is 2.69. The van der Waals surface area contributed by atoms with Crippen molar-refractivity contribution in [3.8, 4) is 0 Å². The van der Waals surface area contributed by atoms with E-state index in [0.29, 0.717) is 11.3 Å². The predicted molar refractivity (Wildman–Crippen MR) is 163 cm³/mol. The smallest absolute Gasteiger partial charge is 0.338 e. The lowest BCUT2D eigenvalue weighted by Crippen LogP contribution is -2.42. The SMILES string of the molecule is CCOC(=O)c1ccc(N2C(=O)C3C4CC(C3C2=O)C2C(c3ccc(C(C)(C)C)cc3)c3sc(=S)[nH]c3SC42)cc1. The summed E-state index contributed by atoms with van der Waals surface area (Å²) in [4.78, 5) is 46.1.